The Balaban J connectivity index is 1.43. The molecule has 3 aromatic carbocycles. The fourth-order valence-corrected chi connectivity index (χ4v) is 4.88. The average Bonchev–Trinajstić information content (AvgIpc) is 3.25. The number of hydrogen-bond donors (Lipinski definition) is 1. The minimum absolute atomic E-state index is 0.0496. The summed E-state index contributed by atoms with van der Waals surface area (Å²) in [6.07, 6.45) is 2.09. The van der Waals surface area contributed by atoms with Crippen LogP contribution in [0.3, 0.4) is 0 Å². The van der Waals surface area contributed by atoms with Crippen molar-refractivity contribution in [2.24, 2.45) is 10.9 Å². The standard InChI is InChI=1S/C27H22N2O4/c30-22-8-4-7-20-25(22)26(17-10-12-23-24(14-17)33-15-32-23)29-19-11-9-18(13-21(19)28-20)27(31)16-5-2-1-3-6-16/h1-3,5-6,9-14,25-26,29H,4,7-8,15H2. The fourth-order valence-electron chi connectivity index (χ4n) is 4.88. The smallest absolute Gasteiger partial charge is 0.231 e. The van der Waals surface area contributed by atoms with E-state index in [9.17, 15) is 9.59 Å². The number of nitrogens with zero attached hydrogens (tertiary/aromatic N) is 1. The lowest BCUT2D eigenvalue weighted by molar-refractivity contribution is -0.122. The number of aliphatic imine (C=N–C) groups is 1. The molecular formula is C27H22N2O4. The number of benzene rings is 3. The molecule has 0 radical (unpaired) electrons. The molecular weight excluding hydrogens is 416 g/mol. The summed E-state index contributed by atoms with van der Waals surface area (Å²) in [7, 11) is 0. The minimum Gasteiger partial charge on any atom is -0.454 e. The first kappa shape index (κ1) is 19.7. The summed E-state index contributed by atoms with van der Waals surface area (Å²) in [4.78, 5) is 31.0. The number of ether oxygens (including phenoxy) is 2. The zero-order valence-corrected chi connectivity index (χ0v) is 17.9. The molecule has 1 fully saturated rings. The van der Waals surface area contributed by atoms with Crippen LogP contribution in [0.15, 0.2) is 71.7 Å². The molecule has 6 nitrogen and oxygen atoms in total. The zero-order valence-electron chi connectivity index (χ0n) is 17.9. The van der Waals surface area contributed by atoms with Crippen molar-refractivity contribution in [2.45, 2.75) is 25.3 Å². The van der Waals surface area contributed by atoms with Gasteiger partial charge in [-0.3, -0.25) is 14.6 Å². The van der Waals surface area contributed by atoms with Crippen LogP contribution < -0.4 is 14.8 Å². The summed E-state index contributed by atoms with van der Waals surface area (Å²) < 4.78 is 11.0. The number of Topliss-reactive ketones (excluding diaryl/α,β-unsaturated/α-hetero) is 1. The van der Waals surface area contributed by atoms with Gasteiger partial charge in [0.2, 0.25) is 6.79 Å². The molecule has 33 heavy (non-hydrogen) atoms. The van der Waals surface area contributed by atoms with Crippen LogP contribution in [0.4, 0.5) is 11.4 Å². The largest absolute Gasteiger partial charge is 0.454 e. The van der Waals surface area contributed by atoms with Crippen molar-refractivity contribution in [1.29, 1.82) is 0 Å². The molecule has 164 valence electrons. The lowest BCUT2D eigenvalue weighted by Crippen LogP contribution is -2.36. The molecule has 0 saturated heterocycles. The maximum absolute atomic E-state index is 13.1. The number of carbonyl (C=O) groups is 2. The monoisotopic (exact) mass is 438 g/mol. The molecule has 0 bridgehead atoms. The van der Waals surface area contributed by atoms with Crippen molar-refractivity contribution in [3.63, 3.8) is 0 Å². The minimum atomic E-state index is -0.361. The number of hydrogen-bond acceptors (Lipinski definition) is 6. The van der Waals surface area contributed by atoms with E-state index in [2.05, 4.69) is 5.32 Å². The van der Waals surface area contributed by atoms with E-state index >= 15 is 0 Å². The lowest BCUT2D eigenvalue weighted by Gasteiger charge is -2.30. The summed E-state index contributed by atoms with van der Waals surface area (Å²) in [6.45, 7) is 0.201. The van der Waals surface area contributed by atoms with E-state index in [4.69, 9.17) is 14.5 Å². The summed E-state index contributed by atoms with van der Waals surface area (Å²) >= 11 is 0. The van der Waals surface area contributed by atoms with Crippen molar-refractivity contribution in [2.75, 3.05) is 12.1 Å². The highest BCUT2D eigenvalue weighted by Gasteiger charge is 2.38. The molecule has 6 heteroatoms. The van der Waals surface area contributed by atoms with Gasteiger partial charge in [0.25, 0.3) is 0 Å². The van der Waals surface area contributed by atoms with Crippen LogP contribution in [-0.4, -0.2) is 24.1 Å². The first-order chi connectivity index (χ1) is 16.2. The SMILES string of the molecule is O=C(c1ccccc1)c1ccc2c(c1)N=C1CCCC(=O)C1C(c1ccc3c(c1)OCO3)N2. The molecule has 1 saturated carbocycles. The van der Waals surface area contributed by atoms with Crippen LogP contribution in [0.2, 0.25) is 0 Å². The number of anilines is 1. The first-order valence-corrected chi connectivity index (χ1v) is 11.2. The van der Waals surface area contributed by atoms with Gasteiger partial charge in [0.1, 0.15) is 5.78 Å². The van der Waals surface area contributed by atoms with Crippen LogP contribution in [0.25, 0.3) is 0 Å². The highest BCUT2D eigenvalue weighted by atomic mass is 16.7. The van der Waals surface area contributed by atoms with Crippen molar-refractivity contribution < 1.29 is 19.1 Å². The Kier molecular flexibility index (Phi) is 4.72. The molecule has 2 heterocycles. The van der Waals surface area contributed by atoms with Crippen molar-refractivity contribution >= 4 is 28.7 Å². The second-order valence-electron chi connectivity index (χ2n) is 8.56. The van der Waals surface area contributed by atoms with Gasteiger partial charge in [0.05, 0.1) is 23.3 Å². The van der Waals surface area contributed by atoms with Gasteiger partial charge in [-0.2, -0.15) is 0 Å². The summed E-state index contributed by atoms with van der Waals surface area (Å²) in [5.74, 6) is 1.17. The maximum atomic E-state index is 13.1. The van der Waals surface area contributed by atoms with Crippen LogP contribution in [0.1, 0.15) is 46.8 Å². The Morgan fingerprint density at radius 2 is 1.76 bits per heavy atom. The molecule has 1 N–H and O–H groups in total. The van der Waals surface area contributed by atoms with E-state index in [1.54, 1.807) is 0 Å². The van der Waals surface area contributed by atoms with Crippen LogP contribution in [-0.2, 0) is 4.79 Å². The molecule has 3 aliphatic rings. The molecule has 1 aliphatic carbocycles. The Morgan fingerprint density at radius 3 is 2.64 bits per heavy atom. The van der Waals surface area contributed by atoms with Gasteiger partial charge in [0, 0.05) is 23.3 Å². The number of fused-ring (bicyclic) bond motifs is 3. The van der Waals surface area contributed by atoms with E-state index in [0.29, 0.717) is 34.7 Å². The van der Waals surface area contributed by atoms with Crippen LogP contribution in [0.5, 0.6) is 11.5 Å². The van der Waals surface area contributed by atoms with E-state index < -0.39 is 0 Å². The van der Waals surface area contributed by atoms with E-state index in [1.165, 1.54) is 0 Å². The normalized spacial score (nSPS) is 20.7. The number of rotatable bonds is 3. The molecule has 0 aromatic heterocycles. The maximum Gasteiger partial charge on any atom is 0.231 e. The molecule has 2 unspecified atom stereocenters. The fraction of sp³-hybridized carbons (Fsp3) is 0.222. The third kappa shape index (κ3) is 3.48. The van der Waals surface area contributed by atoms with Gasteiger partial charge >= 0.3 is 0 Å². The second kappa shape index (κ2) is 7.89. The predicted octanol–water partition coefficient (Wildman–Crippen LogP) is 5.25. The first-order valence-electron chi connectivity index (χ1n) is 11.2. The number of ketones is 2. The predicted molar refractivity (Wildman–Crippen MR) is 125 cm³/mol. The summed E-state index contributed by atoms with van der Waals surface area (Å²) in [5, 5.41) is 3.56. The lowest BCUT2D eigenvalue weighted by atomic mass is 9.78. The summed E-state index contributed by atoms with van der Waals surface area (Å²) in [6, 6.07) is 20.3. The van der Waals surface area contributed by atoms with Crippen molar-refractivity contribution in [3.05, 3.63) is 83.4 Å². The Bertz CT molecular complexity index is 1300. The molecule has 2 aliphatic heterocycles. The van der Waals surface area contributed by atoms with Crippen LogP contribution >= 0.6 is 0 Å². The Morgan fingerprint density at radius 1 is 0.909 bits per heavy atom. The van der Waals surface area contributed by atoms with E-state index in [-0.39, 0.29) is 30.3 Å². The van der Waals surface area contributed by atoms with Crippen molar-refractivity contribution in [1.82, 2.24) is 0 Å². The zero-order chi connectivity index (χ0) is 22.4. The Labute approximate surface area is 191 Å². The van der Waals surface area contributed by atoms with Gasteiger partial charge in [0.15, 0.2) is 17.3 Å². The molecule has 6 rings (SSSR count). The molecule has 0 spiro atoms. The number of carbonyl (C=O) groups excluding carboxylic acids is 2. The highest BCUT2D eigenvalue weighted by Crippen LogP contribution is 2.43. The van der Waals surface area contributed by atoms with Crippen LogP contribution in [0, 0.1) is 5.92 Å². The molecule has 0 amide bonds. The summed E-state index contributed by atoms with van der Waals surface area (Å²) in [5.41, 5.74) is 4.52. The van der Waals surface area contributed by atoms with Gasteiger partial charge in [-0.15, -0.1) is 0 Å². The number of nitrogens with one attached hydrogen (secondary N) is 1. The average molecular weight is 438 g/mol. The van der Waals surface area contributed by atoms with Crippen molar-refractivity contribution in [3.8, 4) is 11.5 Å². The third-order valence-electron chi connectivity index (χ3n) is 6.52. The van der Waals surface area contributed by atoms with Gasteiger partial charge < -0.3 is 14.8 Å². The topological polar surface area (TPSA) is 77.0 Å². The van der Waals surface area contributed by atoms with Gasteiger partial charge in [-0.1, -0.05) is 36.4 Å². The van der Waals surface area contributed by atoms with E-state index in [0.717, 1.165) is 29.8 Å². The van der Waals surface area contributed by atoms with E-state index in [1.807, 2.05) is 66.7 Å². The highest BCUT2D eigenvalue weighted by molar-refractivity contribution is 6.12. The Hall–Kier alpha value is -3.93. The molecule has 2 atom stereocenters. The molecule has 3 aromatic rings. The quantitative estimate of drug-likeness (QED) is 0.565. The van der Waals surface area contributed by atoms with Gasteiger partial charge in [-0.25, -0.2) is 0 Å². The second-order valence-corrected chi connectivity index (χ2v) is 8.56. The third-order valence-corrected chi connectivity index (χ3v) is 6.52. The van der Waals surface area contributed by atoms with Gasteiger partial charge in [-0.05, 0) is 48.7 Å².